The lowest BCUT2D eigenvalue weighted by Crippen LogP contribution is -2.44. The quantitative estimate of drug-likeness (QED) is 0.809. The summed E-state index contributed by atoms with van der Waals surface area (Å²) in [5.74, 6) is -1.68. The van der Waals surface area contributed by atoms with Gasteiger partial charge in [-0.1, -0.05) is 54.6 Å². The molecule has 0 aliphatic carbocycles. The highest BCUT2D eigenvalue weighted by Crippen LogP contribution is 2.32. The standard InChI is InChI=1S/C22H22N2O4/c1-15(25)24-12-11-17-9-5-6-10-18(17)20(24)14-21(26)23-19(22(27)28)13-16-7-3-2-4-8-16/h2-12,19-20H,13-14H2,1H3,(H,23,26)(H,27,28). The number of rotatable bonds is 6. The minimum Gasteiger partial charge on any atom is -0.480 e. The van der Waals surface area contributed by atoms with Gasteiger partial charge in [-0.15, -0.1) is 0 Å². The molecule has 1 heterocycles. The average Bonchev–Trinajstić information content (AvgIpc) is 2.68. The van der Waals surface area contributed by atoms with Gasteiger partial charge in [0.05, 0.1) is 12.5 Å². The van der Waals surface area contributed by atoms with E-state index in [0.29, 0.717) is 0 Å². The Balaban J connectivity index is 1.75. The van der Waals surface area contributed by atoms with Gasteiger partial charge in [0, 0.05) is 19.5 Å². The third-order valence-electron chi connectivity index (χ3n) is 4.76. The van der Waals surface area contributed by atoms with E-state index in [2.05, 4.69) is 5.32 Å². The van der Waals surface area contributed by atoms with Gasteiger partial charge in [0.2, 0.25) is 11.8 Å². The Labute approximate surface area is 163 Å². The van der Waals surface area contributed by atoms with Gasteiger partial charge in [-0.3, -0.25) is 9.59 Å². The second-order valence-corrected chi connectivity index (χ2v) is 6.74. The number of nitrogens with zero attached hydrogens (tertiary/aromatic N) is 1. The van der Waals surface area contributed by atoms with Gasteiger partial charge in [0.25, 0.3) is 0 Å². The number of hydrogen-bond donors (Lipinski definition) is 2. The summed E-state index contributed by atoms with van der Waals surface area (Å²) in [5.41, 5.74) is 2.63. The molecule has 28 heavy (non-hydrogen) atoms. The number of benzene rings is 2. The van der Waals surface area contributed by atoms with Crippen LogP contribution in [0.2, 0.25) is 0 Å². The maximum absolute atomic E-state index is 12.7. The van der Waals surface area contributed by atoms with E-state index in [0.717, 1.165) is 16.7 Å². The van der Waals surface area contributed by atoms with Crippen LogP contribution in [0.4, 0.5) is 0 Å². The largest absolute Gasteiger partial charge is 0.480 e. The van der Waals surface area contributed by atoms with E-state index in [9.17, 15) is 19.5 Å². The van der Waals surface area contributed by atoms with Crippen molar-refractivity contribution in [3.8, 4) is 0 Å². The van der Waals surface area contributed by atoms with Gasteiger partial charge >= 0.3 is 5.97 Å². The Hall–Kier alpha value is -3.41. The van der Waals surface area contributed by atoms with Gasteiger partial charge < -0.3 is 15.3 Å². The maximum atomic E-state index is 12.7. The van der Waals surface area contributed by atoms with Crippen molar-refractivity contribution < 1.29 is 19.5 Å². The van der Waals surface area contributed by atoms with Gasteiger partial charge in [-0.2, -0.15) is 0 Å². The van der Waals surface area contributed by atoms with Gasteiger partial charge in [0.1, 0.15) is 6.04 Å². The molecule has 144 valence electrons. The highest BCUT2D eigenvalue weighted by atomic mass is 16.4. The highest BCUT2D eigenvalue weighted by Gasteiger charge is 2.29. The fourth-order valence-corrected chi connectivity index (χ4v) is 3.39. The molecule has 3 rings (SSSR count). The van der Waals surface area contributed by atoms with Crippen molar-refractivity contribution in [1.29, 1.82) is 0 Å². The summed E-state index contributed by atoms with van der Waals surface area (Å²) in [5, 5.41) is 12.1. The van der Waals surface area contributed by atoms with Crippen molar-refractivity contribution in [3.63, 3.8) is 0 Å². The smallest absolute Gasteiger partial charge is 0.326 e. The summed E-state index contributed by atoms with van der Waals surface area (Å²) < 4.78 is 0. The number of carboxylic acid groups (broad SMARTS) is 1. The SMILES string of the molecule is CC(=O)N1C=Cc2ccccc2C1CC(=O)NC(Cc1ccccc1)C(=O)O. The lowest BCUT2D eigenvalue weighted by Gasteiger charge is -2.32. The van der Waals surface area contributed by atoms with Gasteiger partial charge in [0.15, 0.2) is 0 Å². The van der Waals surface area contributed by atoms with E-state index >= 15 is 0 Å². The molecular weight excluding hydrogens is 356 g/mol. The Morgan fingerprint density at radius 3 is 2.43 bits per heavy atom. The number of fused-ring (bicyclic) bond motifs is 1. The van der Waals surface area contributed by atoms with E-state index < -0.39 is 24.0 Å². The lowest BCUT2D eigenvalue weighted by atomic mass is 9.93. The molecule has 2 aromatic rings. The first-order valence-corrected chi connectivity index (χ1v) is 9.08. The molecule has 0 saturated carbocycles. The van der Waals surface area contributed by atoms with Crippen LogP contribution < -0.4 is 5.32 Å². The molecule has 1 aliphatic rings. The molecule has 0 fully saturated rings. The number of amides is 2. The predicted octanol–water partition coefficient (Wildman–Crippen LogP) is 2.76. The topological polar surface area (TPSA) is 86.7 Å². The van der Waals surface area contributed by atoms with Crippen molar-refractivity contribution in [1.82, 2.24) is 10.2 Å². The third-order valence-corrected chi connectivity index (χ3v) is 4.76. The van der Waals surface area contributed by atoms with Crippen molar-refractivity contribution in [2.75, 3.05) is 0 Å². The van der Waals surface area contributed by atoms with E-state index in [1.54, 1.807) is 6.20 Å². The molecule has 6 nitrogen and oxygen atoms in total. The van der Waals surface area contributed by atoms with Gasteiger partial charge in [-0.25, -0.2) is 4.79 Å². The first-order valence-electron chi connectivity index (χ1n) is 9.08. The zero-order valence-electron chi connectivity index (χ0n) is 15.5. The fourth-order valence-electron chi connectivity index (χ4n) is 3.39. The number of carbonyl (C=O) groups is 3. The summed E-state index contributed by atoms with van der Waals surface area (Å²) in [6.45, 7) is 1.44. The second-order valence-electron chi connectivity index (χ2n) is 6.74. The van der Waals surface area contributed by atoms with Crippen LogP contribution in [0.25, 0.3) is 6.08 Å². The molecule has 0 saturated heterocycles. The summed E-state index contributed by atoms with van der Waals surface area (Å²) >= 11 is 0. The summed E-state index contributed by atoms with van der Waals surface area (Å²) in [4.78, 5) is 37.8. The zero-order valence-corrected chi connectivity index (χ0v) is 15.5. The van der Waals surface area contributed by atoms with Crippen LogP contribution in [-0.2, 0) is 20.8 Å². The fraction of sp³-hybridized carbons (Fsp3) is 0.227. The molecule has 1 aliphatic heterocycles. The molecule has 0 bridgehead atoms. The monoisotopic (exact) mass is 378 g/mol. The van der Waals surface area contributed by atoms with E-state index in [1.165, 1.54) is 11.8 Å². The lowest BCUT2D eigenvalue weighted by molar-refractivity contribution is -0.142. The number of hydrogen-bond acceptors (Lipinski definition) is 3. The molecule has 2 atom stereocenters. The van der Waals surface area contributed by atoms with Crippen molar-refractivity contribution in [2.45, 2.75) is 31.8 Å². The van der Waals surface area contributed by atoms with Crippen LogP contribution in [-0.4, -0.2) is 33.8 Å². The number of nitrogens with one attached hydrogen (secondary N) is 1. The normalized spacial score (nSPS) is 16.2. The van der Waals surface area contributed by atoms with Gasteiger partial charge in [-0.05, 0) is 22.8 Å². The van der Waals surface area contributed by atoms with Crippen molar-refractivity contribution in [3.05, 3.63) is 77.5 Å². The molecule has 2 N–H and O–H groups in total. The predicted molar refractivity (Wildman–Crippen MR) is 105 cm³/mol. The average molecular weight is 378 g/mol. The molecular formula is C22H22N2O4. The van der Waals surface area contributed by atoms with E-state index in [1.807, 2.05) is 60.7 Å². The summed E-state index contributed by atoms with van der Waals surface area (Å²) in [6.07, 6.45) is 3.68. The van der Waals surface area contributed by atoms with E-state index in [-0.39, 0.29) is 18.7 Å². The van der Waals surface area contributed by atoms with Crippen molar-refractivity contribution in [2.24, 2.45) is 0 Å². The Kier molecular flexibility index (Phi) is 5.89. The zero-order chi connectivity index (χ0) is 20.1. The van der Waals surface area contributed by atoms with Crippen LogP contribution in [0.15, 0.2) is 60.8 Å². The van der Waals surface area contributed by atoms with Crippen LogP contribution in [0.5, 0.6) is 0 Å². The van der Waals surface area contributed by atoms with Crippen LogP contribution >= 0.6 is 0 Å². The molecule has 6 heteroatoms. The van der Waals surface area contributed by atoms with E-state index in [4.69, 9.17) is 0 Å². The maximum Gasteiger partial charge on any atom is 0.326 e. The minimum atomic E-state index is -1.09. The second kappa shape index (κ2) is 8.52. The summed E-state index contributed by atoms with van der Waals surface area (Å²) in [7, 11) is 0. The molecule has 0 aromatic heterocycles. The number of carbonyl (C=O) groups excluding carboxylic acids is 2. The minimum absolute atomic E-state index is 0.0144. The third kappa shape index (κ3) is 4.46. The first-order chi connectivity index (χ1) is 13.5. The molecule has 2 unspecified atom stereocenters. The Morgan fingerprint density at radius 2 is 1.75 bits per heavy atom. The Morgan fingerprint density at radius 1 is 1.07 bits per heavy atom. The number of carboxylic acids is 1. The van der Waals surface area contributed by atoms with Crippen LogP contribution in [0.1, 0.15) is 36.1 Å². The van der Waals surface area contributed by atoms with Crippen LogP contribution in [0, 0.1) is 0 Å². The first kappa shape index (κ1) is 19.4. The molecule has 2 amide bonds. The summed E-state index contributed by atoms with van der Waals surface area (Å²) in [6, 6.07) is 15.2. The molecule has 0 spiro atoms. The highest BCUT2D eigenvalue weighted by molar-refractivity contribution is 5.85. The number of aliphatic carboxylic acids is 1. The Bertz CT molecular complexity index is 908. The van der Waals surface area contributed by atoms with Crippen molar-refractivity contribution >= 4 is 23.9 Å². The van der Waals surface area contributed by atoms with Crippen LogP contribution in [0.3, 0.4) is 0 Å². The molecule has 0 radical (unpaired) electrons. The molecule has 2 aromatic carbocycles.